The van der Waals surface area contributed by atoms with E-state index < -0.39 is 8.07 Å². The molecule has 67 heavy (non-hydrogen) atoms. The summed E-state index contributed by atoms with van der Waals surface area (Å²) >= 11 is 0. The van der Waals surface area contributed by atoms with Crippen LogP contribution in [0.5, 0.6) is 0 Å². The smallest absolute Gasteiger partial charge is 0.179 e. The molecule has 316 valence electrons. The lowest BCUT2D eigenvalue weighted by atomic mass is 10.0. The minimum atomic E-state index is -2.69. The molecule has 2 nitrogen and oxygen atoms in total. The Balaban J connectivity index is 0.932. The summed E-state index contributed by atoms with van der Waals surface area (Å²) in [4.78, 5) is 2.38. The van der Waals surface area contributed by atoms with Gasteiger partial charge < -0.3 is 9.47 Å². The Hall–Kier alpha value is -8.50. The van der Waals surface area contributed by atoms with Crippen molar-refractivity contribution in [1.82, 2.24) is 4.57 Å². The van der Waals surface area contributed by atoms with Crippen LogP contribution in [0.2, 0.25) is 0 Å². The summed E-state index contributed by atoms with van der Waals surface area (Å²) in [7, 11) is -2.69. The Morgan fingerprint density at radius 1 is 0.269 bits per heavy atom. The highest BCUT2D eigenvalue weighted by atomic mass is 28.3. The molecule has 0 radical (unpaired) electrons. The van der Waals surface area contributed by atoms with Crippen molar-refractivity contribution in [3.8, 4) is 27.9 Å². The van der Waals surface area contributed by atoms with Crippen LogP contribution in [0.15, 0.2) is 279 Å². The molecule has 0 bridgehead atoms. The van der Waals surface area contributed by atoms with Gasteiger partial charge in [-0.1, -0.05) is 212 Å². The van der Waals surface area contributed by atoms with Gasteiger partial charge in [-0.15, -0.1) is 0 Å². The largest absolute Gasteiger partial charge is 0.311 e. The third kappa shape index (κ3) is 7.14. The first-order chi connectivity index (χ1) is 33.2. The van der Waals surface area contributed by atoms with Gasteiger partial charge in [-0.2, -0.15) is 0 Å². The summed E-state index contributed by atoms with van der Waals surface area (Å²) in [6, 6.07) is 103. The molecule has 11 aromatic carbocycles. The van der Waals surface area contributed by atoms with E-state index in [1.54, 1.807) is 0 Å². The minimum absolute atomic E-state index is 1.09. The van der Waals surface area contributed by atoms with Gasteiger partial charge in [0, 0.05) is 33.5 Å². The highest BCUT2D eigenvalue weighted by molar-refractivity contribution is 7.19. The molecule has 0 amide bonds. The second-order valence-electron chi connectivity index (χ2n) is 17.3. The van der Waals surface area contributed by atoms with Crippen LogP contribution in [0.3, 0.4) is 0 Å². The topological polar surface area (TPSA) is 8.17 Å². The van der Waals surface area contributed by atoms with Crippen molar-refractivity contribution < 1.29 is 0 Å². The van der Waals surface area contributed by atoms with Gasteiger partial charge in [0.2, 0.25) is 0 Å². The molecule has 0 aliphatic rings. The van der Waals surface area contributed by atoms with E-state index in [-0.39, 0.29) is 0 Å². The van der Waals surface area contributed by atoms with E-state index in [1.165, 1.54) is 75.6 Å². The first-order valence-electron chi connectivity index (χ1n) is 23.1. The van der Waals surface area contributed by atoms with Crippen LogP contribution >= 0.6 is 0 Å². The number of para-hydroxylation sites is 1. The number of aromatic nitrogens is 1. The van der Waals surface area contributed by atoms with Crippen LogP contribution in [0.4, 0.5) is 17.1 Å². The lowest BCUT2D eigenvalue weighted by Gasteiger charge is -2.35. The monoisotopic (exact) mass is 870 g/mol. The van der Waals surface area contributed by atoms with Gasteiger partial charge >= 0.3 is 0 Å². The fourth-order valence-electron chi connectivity index (χ4n) is 10.3. The maximum absolute atomic E-state index is 2.69. The fourth-order valence-corrected chi connectivity index (χ4v) is 15.1. The standard InChI is InChI=1S/C64H46N2Si/c1-5-17-47(18-6-1)48-29-35-53(36-30-48)65(55-41-43-60(44-42-55)67(57-21-7-2-8-22-57,58-23-9-3-10-24-58)59-25-11-4-12-26-59)54-37-31-49(32-38-54)50-33-39-56(40-34-50)66-63-28-16-15-27-61(63)62-45-51-19-13-14-20-52(51)46-64(62)66/h1-46H. The molecule has 12 rings (SSSR count). The van der Waals surface area contributed by atoms with E-state index in [9.17, 15) is 0 Å². The molecule has 0 saturated heterocycles. The SMILES string of the molecule is c1ccc(-c2ccc(N(c3ccc(-c4ccc(-n5c6ccccc6c6cc7ccccc7cc65)cc4)cc3)c3ccc([Si](c4ccccc4)(c4ccccc4)c4ccccc4)cc3)cc2)cc1. The van der Waals surface area contributed by atoms with E-state index >= 15 is 0 Å². The lowest BCUT2D eigenvalue weighted by Crippen LogP contribution is -2.74. The summed E-state index contributed by atoms with van der Waals surface area (Å²) in [5.74, 6) is 0. The van der Waals surface area contributed by atoms with Crippen molar-refractivity contribution >= 4 is 78.5 Å². The van der Waals surface area contributed by atoms with Gasteiger partial charge in [-0.3, -0.25) is 0 Å². The van der Waals surface area contributed by atoms with Crippen LogP contribution in [-0.4, -0.2) is 12.6 Å². The van der Waals surface area contributed by atoms with Crippen molar-refractivity contribution in [2.45, 2.75) is 0 Å². The average molecular weight is 871 g/mol. The Morgan fingerprint density at radius 3 is 1.15 bits per heavy atom. The molecule has 1 aromatic heterocycles. The van der Waals surface area contributed by atoms with Gasteiger partial charge in [-0.25, -0.2) is 0 Å². The highest BCUT2D eigenvalue weighted by Gasteiger charge is 2.41. The van der Waals surface area contributed by atoms with Crippen molar-refractivity contribution in [1.29, 1.82) is 0 Å². The van der Waals surface area contributed by atoms with Crippen molar-refractivity contribution in [3.63, 3.8) is 0 Å². The summed E-state index contributed by atoms with van der Waals surface area (Å²) < 4.78 is 2.41. The van der Waals surface area contributed by atoms with Crippen molar-refractivity contribution in [2.75, 3.05) is 4.90 Å². The van der Waals surface area contributed by atoms with E-state index in [1.807, 2.05) is 0 Å². The van der Waals surface area contributed by atoms with Gasteiger partial charge in [0.15, 0.2) is 8.07 Å². The average Bonchev–Trinajstić information content (AvgIpc) is 3.73. The molecule has 0 spiro atoms. The molecule has 1 heterocycles. The summed E-state index contributed by atoms with van der Waals surface area (Å²) in [5.41, 5.74) is 11.6. The quantitative estimate of drug-likeness (QED) is 0.0982. The van der Waals surface area contributed by atoms with Crippen molar-refractivity contribution in [3.05, 3.63) is 279 Å². The number of fused-ring (bicyclic) bond motifs is 4. The number of hydrogen-bond donors (Lipinski definition) is 0. The van der Waals surface area contributed by atoms with E-state index in [0.29, 0.717) is 0 Å². The number of nitrogens with zero attached hydrogens (tertiary/aromatic N) is 2. The number of benzene rings is 11. The molecule has 0 aliphatic heterocycles. The van der Waals surface area contributed by atoms with Crippen LogP contribution in [0, 0.1) is 0 Å². The molecule has 3 heteroatoms. The Morgan fingerprint density at radius 2 is 0.642 bits per heavy atom. The molecule has 0 saturated carbocycles. The fraction of sp³-hybridized carbons (Fsp3) is 0. The van der Waals surface area contributed by atoms with E-state index in [4.69, 9.17) is 0 Å². The van der Waals surface area contributed by atoms with E-state index in [2.05, 4.69) is 289 Å². The Bertz CT molecular complexity index is 3530. The van der Waals surface area contributed by atoms with Gasteiger partial charge in [-0.05, 0) is 121 Å². The van der Waals surface area contributed by atoms with Crippen LogP contribution in [0.25, 0.3) is 60.5 Å². The highest BCUT2D eigenvalue weighted by Crippen LogP contribution is 2.38. The Kier molecular flexibility index (Phi) is 10.2. The zero-order valence-corrected chi connectivity index (χ0v) is 38.0. The van der Waals surface area contributed by atoms with Gasteiger partial charge in [0.05, 0.1) is 11.0 Å². The maximum atomic E-state index is 2.41. The van der Waals surface area contributed by atoms with Crippen molar-refractivity contribution in [2.24, 2.45) is 0 Å². The lowest BCUT2D eigenvalue weighted by molar-refractivity contribution is 1.18. The van der Waals surface area contributed by atoms with Crippen LogP contribution in [0.1, 0.15) is 0 Å². The molecule has 12 aromatic rings. The number of hydrogen-bond acceptors (Lipinski definition) is 1. The predicted octanol–water partition coefficient (Wildman–Crippen LogP) is 14.1. The summed E-state index contributed by atoms with van der Waals surface area (Å²) in [6.07, 6.45) is 0. The maximum Gasteiger partial charge on any atom is 0.179 e. The third-order valence-corrected chi connectivity index (χ3v) is 18.3. The number of anilines is 3. The molecule has 0 aliphatic carbocycles. The van der Waals surface area contributed by atoms with Crippen LogP contribution in [-0.2, 0) is 0 Å². The predicted molar refractivity (Wildman–Crippen MR) is 287 cm³/mol. The molecule has 0 N–H and O–H groups in total. The van der Waals surface area contributed by atoms with Crippen LogP contribution < -0.4 is 25.6 Å². The Labute approximate surface area is 392 Å². The van der Waals surface area contributed by atoms with Gasteiger partial charge in [0.25, 0.3) is 0 Å². The molecular formula is C64H46N2Si. The first kappa shape index (κ1) is 40.0. The molecular weight excluding hydrogens is 825 g/mol. The van der Waals surface area contributed by atoms with Gasteiger partial charge in [0.1, 0.15) is 0 Å². The summed E-state index contributed by atoms with van der Waals surface area (Å²) in [5, 5.41) is 10.5. The molecule has 0 atom stereocenters. The third-order valence-electron chi connectivity index (χ3n) is 13.5. The number of rotatable bonds is 10. The molecule has 0 fully saturated rings. The second-order valence-corrected chi connectivity index (χ2v) is 21.1. The second kappa shape index (κ2) is 17.1. The zero-order chi connectivity index (χ0) is 44.6. The first-order valence-corrected chi connectivity index (χ1v) is 25.1. The summed E-state index contributed by atoms with van der Waals surface area (Å²) in [6.45, 7) is 0. The zero-order valence-electron chi connectivity index (χ0n) is 37.0. The molecule has 0 unspecified atom stereocenters. The normalized spacial score (nSPS) is 11.6. The van der Waals surface area contributed by atoms with E-state index in [0.717, 1.165) is 22.7 Å². The minimum Gasteiger partial charge on any atom is -0.311 e.